The minimum Gasteiger partial charge on any atom is -0.497 e. The molecule has 0 aliphatic heterocycles. The van der Waals surface area contributed by atoms with Crippen molar-refractivity contribution in [2.75, 3.05) is 13.7 Å². The Kier molecular flexibility index (Phi) is 9.08. The minimum atomic E-state index is -0.313. The van der Waals surface area contributed by atoms with Crippen molar-refractivity contribution in [3.63, 3.8) is 0 Å². The molecule has 3 rings (SSSR count). The number of carbonyl (C=O) groups excluding carboxylic acids is 1. The molecule has 3 aromatic rings. The van der Waals surface area contributed by atoms with E-state index >= 15 is 0 Å². The first-order valence-corrected chi connectivity index (χ1v) is 12.3. The van der Waals surface area contributed by atoms with Crippen LogP contribution < -0.4 is 9.47 Å². The van der Waals surface area contributed by atoms with Crippen LogP contribution >= 0.6 is 0 Å². The van der Waals surface area contributed by atoms with E-state index in [1.807, 2.05) is 37.3 Å². The number of benzene rings is 2. The third-order valence-corrected chi connectivity index (χ3v) is 5.80. The normalized spacial score (nSPS) is 11.3. The number of aryl methyl sites for hydroxylation is 2. The van der Waals surface area contributed by atoms with Gasteiger partial charge in [0.15, 0.2) is 0 Å². The number of hydrogen-bond donors (Lipinski definition) is 0. The lowest BCUT2D eigenvalue weighted by Gasteiger charge is -2.21. The number of carbonyl (C=O) groups is 1. The van der Waals surface area contributed by atoms with Crippen LogP contribution in [0.4, 0.5) is 4.39 Å². The van der Waals surface area contributed by atoms with Gasteiger partial charge in [0.1, 0.15) is 23.9 Å². The minimum absolute atomic E-state index is 0.0403. The van der Waals surface area contributed by atoms with E-state index in [4.69, 9.17) is 19.2 Å². The summed E-state index contributed by atoms with van der Waals surface area (Å²) >= 11 is 0. The van der Waals surface area contributed by atoms with Gasteiger partial charge in [0.25, 0.3) is 0 Å². The lowest BCUT2D eigenvalue weighted by atomic mass is 9.87. The molecule has 2 aromatic carbocycles. The van der Waals surface area contributed by atoms with E-state index in [2.05, 4.69) is 20.8 Å². The summed E-state index contributed by atoms with van der Waals surface area (Å²) in [7, 11) is 1.57. The van der Waals surface area contributed by atoms with Crippen LogP contribution in [-0.4, -0.2) is 24.7 Å². The zero-order chi connectivity index (χ0) is 26.3. The van der Waals surface area contributed by atoms with E-state index in [1.54, 1.807) is 26.2 Å². The summed E-state index contributed by atoms with van der Waals surface area (Å²) in [4.78, 5) is 16.6. The summed E-state index contributed by atoms with van der Waals surface area (Å²) in [5.41, 5.74) is 4.90. The van der Waals surface area contributed by atoms with Gasteiger partial charge in [-0.3, -0.25) is 9.78 Å². The summed E-state index contributed by atoms with van der Waals surface area (Å²) in [5, 5.41) is 0. The third-order valence-electron chi connectivity index (χ3n) is 5.80. The highest BCUT2D eigenvalue weighted by Crippen LogP contribution is 2.33. The molecule has 1 aromatic heterocycles. The molecule has 0 bridgehead atoms. The Morgan fingerprint density at radius 2 is 1.75 bits per heavy atom. The predicted octanol–water partition coefficient (Wildman–Crippen LogP) is 6.87. The zero-order valence-electron chi connectivity index (χ0n) is 22.1. The second-order valence-electron chi connectivity index (χ2n) is 10.1. The number of pyridine rings is 1. The standard InChI is InChI=1S/C30H36FNO4/c1-7-35-29(33)15-9-21-16-24(11-8-20(21)2)36-19-22-10-13-25(28(32-22)18-30(3,4)5)26-17-23(34-6)12-14-27(26)31/h8,10-14,16-17H,7,9,15,18-19H2,1-6H3. The van der Waals surface area contributed by atoms with Crippen LogP contribution in [0, 0.1) is 18.2 Å². The SMILES string of the molecule is CCOC(=O)CCc1cc(OCc2ccc(-c3cc(OC)ccc3F)c(CC(C)(C)C)n2)ccc1C. The molecule has 0 saturated carbocycles. The van der Waals surface area contributed by atoms with Crippen LogP contribution in [0.3, 0.4) is 0 Å². The van der Waals surface area contributed by atoms with Crippen LogP contribution in [0.2, 0.25) is 0 Å². The lowest BCUT2D eigenvalue weighted by molar-refractivity contribution is -0.143. The molecule has 0 radical (unpaired) electrons. The van der Waals surface area contributed by atoms with Crippen molar-refractivity contribution in [3.05, 3.63) is 76.9 Å². The number of rotatable bonds is 10. The molecule has 0 unspecified atom stereocenters. The van der Waals surface area contributed by atoms with Crippen molar-refractivity contribution < 1.29 is 23.4 Å². The summed E-state index contributed by atoms with van der Waals surface area (Å²) in [6, 6.07) is 14.4. The fourth-order valence-electron chi connectivity index (χ4n) is 3.98. The van der Waals surface area contributed by atoms with Crippen LogP contribution in [0.1, 0.15) is 56.6 Å². The molecule has 0 fully saturated rings. The van der Waals surface area contributed by atoms with E-state index in [0.29, 0.717) is 42.9 Å². The van der Waals surface area contributed by atoms with Crippen LogP contribution in [0.5, 0.6) is 11.5 Å². The second-order valence-corrected chi connectivity index (χ2v) is 10.1. The molecule has 1 heterocycles. The first-order chi connectivity index (χ1) is 17.1. The second kappa shape index (κ2) is 12.0. The molecule has 36 heavy (non-hydrogen) atoms. The van der Waals surface area contributed by atoms with E-state index in [9.17, 15) is 9.18 Å². The molecule has 0 amide bonds. The number of aromatic nitrogens is 1. The van der Waals surface area contributed by atoms with E-state index in [0.717, 1.165) is 28.1 Å². The largest absolute Gasteiger partial charge is 0.497 e. The molecular formula is C30H36FNO4. The Hall–Kier alpha value is -3.41. The van der Waals surface area contributed by atoms with Crippen LogP contribution in [-0.2, 0) is 29.0 Å². The quantitative estimate of drug-likeness (QED) is 0.289. The first kappa shape index (κ1) is 27.2. The molecule has 192 valence electrons. The Morgan fingerprint density at radius 1 is 1.00 bits per heavy atom. The maximum absolute atomic E-state index is 14.8. The molecule has 0 saturated heterocycles. The Balaban J connectivity index is 1.82. The highest BCUT2D eigenvalue weighted by atomic mass is 19.1. The number of halogens is 1. The van der Waals surface area contributed by atoms with Crippen molar-refractivity contribution in [2.24, 2.45) is 5.41 Å². The van der Waals surface area contributed by atoms with Crippen molar-refractivity contribution in [3.8, 4) is 22.6 Å². The number of nitrogens with zero attached hydrogens (tertiary/aromatic N) is 1. The fourth-order valence-corrected chi connectivity index (χ4v) is 3.98. The molecule has 0 spiro atoms. The van der Waals surface area contributed by atoms with Gasteiger partial charge in [-0.1, -0.05) is 32.9 Å². The van der Waals surface area contributed by atoms with E-state index < -0.39 is 0 Å². The highest BCUT2D eigenvalue weighted by molar-refractivity contribution is 5.70. The van der Waals surface area contributed by atoms with Gasteiger partial charge < -0.3 is 14.2 Å². The monoisotopic (exact) mass is 493 g/mol. The topological polar surface area (TPSA) is 57.7 Å². The van der Waals surface area contributed by atoms with Gasteiger partial charge in [-0.15, -0.1) is 0 Å². The van der Waals surface area contributed by atoms with E-state index in [-0.39, 0.29) is 23.8 Å². The van der Waals surface area contributed by atoms with Crippen molar-refractivity contribution in [1.29, 1.82) is 0 Å². The Morgan fingerprint density at radius 3 is 2.44 bits per heavy atom. The maximum Gasteiger partial charge on any atom is 0.306 e. The van der Waals surface area contributed by atoms with Crippen molar-refractivity contribution in [2.45, 2.75) is 60.5 Å². The predicted molar refractivity (Wildman–Crippen MR) is 140 cm³/mol. The summed E-state index contributed by atoms with van der Waals surface area (Å²) in [6.07, 6.45) is 1.60. The molecule has 6 heteroatoms. The van der Waals surface area contributed by atoms with Gasteiger partial charge in [0.2, 0.25) is 0 Å². The molecule has 0 atom stereocenters. The van der Waals surface area contributed by atoms with Crippen LogP contribution in [0.25, 0.3) is 11.1 Å². The fraction of sp³-hybridized carbons (Fsp3) is 0.400. The van der Waals surface area contributed by atoms with Gasteiger partial charge in [0, 0.05) is 23.2 Å². The summed E-state index contributed by atoms with van der Waals surface area (Å²) in [5.74, 6) is 0.790. The van der Waals surface area contributed by atoms with Gasteiger partial charge in [0.05, 0.1) is 19.4 Å². The molecule has 5 nitrogen and oxygen atoms in total. The highest BCUT2D eigenvalue weighted by Gasteiger charge is 2.19. The Bertz CT molecular complexity index is 1200. The lowest BCUT2D eigenvalue weighted by Crippen LogP contribution is -2.13. The van der Waals surface area contributed by atoms with Gasteiger partial charge >= 0.3 is 5.97 Å². The zero-order valence-corrected chi connectivity index (χ0v) is 22.1. The van der Waals surface area contributed by atoms with Crippen molar-refractivity contribution >= 4 is 5.97 Å². The third kappa shape index (κ3) is 7.54. The first-order valence-electron chi connectivity index (χ1n) is 12.3. The van der Waals surface area contributed by atoms with E-state index in [1.165, 1.54) is 6.07 Å². The van der Waals surface area contributed by atoms with Gasteiger partial charge in [-0.2, -0.15) is 0 Å². The van der Waals surface area contributed by atoms with Crippen LogP contribution in [0.15, 0.2) is 48.5 Å². The smallest absolute Gasteiger partial charge is 0.306 e. The van der Waals surface area contributed by atoms with Gasteiger partial charge in [-0.25, -0.2) is 4.39 Å². The number of hydrogen-bond acceptors (Lipinski definition) is 5. The average Bonchev–Trinajstić information content (AvgIpc) is 2.82. The van der Waals surface area contributed by atoms with Gasteiger partial charge in [-0.05, 0) is 79.6 Å². The molecule has 0 aliphatic rings. The Labute approximate surface area is 213 Å². The molecular weight excluding hydrogens is 457 g/mol. The summed E-state index contributed by atoms with van der Waals surface area (Å²) < 4.78 is 31.2. The molecule has 0 N–H and O–H groups in total. The number of methoxy groups -OCH3 is 1. The number of esters is 1. The summed E-state index contributed by atoms with van der Waals surface area (Å²) in [6.45, 7) is 10.9. The molecule has 0 aliphatic carbocycles. The maximum atomic E-state index is 14.8. The van der Waals surface area contributed by atoms with Crippen molar-refractivity contribution in [1.82, 2.24) is 4.98 Å². The average molecular weight is 494 g/mol. The number of ether oxygens (including phenoxy) is 3.